The van der Waals surface area contributed by atoms with Crippen molar-refractivity contribution in [3.05, 3.63) is 83.4 Å². The molecule has 0 aliphatic heterocycles. The van der Waals surface area contributed by atoms with Gasteiger partial charge < -0.3 is 19.7 Å². The average molecular weight is 336 g/mol. The zero-order valence-electron chi connectivity index (χ0n) is 14.1. The molecule has 128 valence electrons. The van der Waals surface area contributed by atoms with E-state index in [-0.39, 0.29) is 17.4 Å². The van der Waals surface area contributed by atoms with Gasteiger partial charge >= 0.3 is 0 Å². The number of ether oxygens (including phenoxy) is 2. The zero-order valence-corrected chi connectivity index (χ0v) is 14.1. The lowest BCUT2D eigenvalue weighted by atomic mass is 9.83. The first kappa shape index (κ1) is 16.7. The van der Waals surface area contributed by atoms with Crippen molar-refractivity contribution in [2.45, 2.75) is 5.92 Å². The van der Waals surface area contributed by atoms with E-state index >= 15 is 0 Å². The smallest absolute Gasteiger partial charge is 0.126 e. The fraction of sp³-hybridized carbons (Fsp3) is 0.143. The Morgan fingerprint density at radius 2 is 1.24 bits per heavy atom. The molecule has 0 aromatic heterocycles. The molecule has 2 N–H and O–H groups in total. The lowest BCUT2D eigenvalue weighted by molar-refractivity contribution is 0.390. The molecule has 0 heterocycles. The quantitative estimate of drug-likeness (QED) is 0.682. The van der Waals surface area contributed by atoms with Crippen molar-refractivity contribution in [3.8, 4) is 23.0 Å². The Balaban J connectivity index is 2.26. The minimum atomic E-state index is -0.386. The normalized spacial score (nSPS) is 10.7. The molecule has 0 unspecified atom stereocenters. The average Bonchev–Trinajstić information content (AvgIpc) is 2.65. The number of rotatable bonds is 5. The Morgan fingerprint density at radius 3 is 1.72 bits per heavy atom. The summed E-state index contributed by atoms with van der Waals surface area (Å²) in [6.45, 7) is 0. The van der Waals surface area contributed by atoms with Crippen molar-refractivity contribution in [1.29, 1.82) is 0 Å². The Bertz CT molecular complexity index is 828. The predicted molar refractivity (Wildman–Crippen MR) is 96.7 cm³/mol. The molecule has 4 nitrogen and oxygen atoms in total. The minimum Gasteiger partial charge on any atom is -0.508 e. The lowest BCUT2D eigenvalue weighted by Crippen LogP contribution is -2.06. The van der Waals surface area contributed by atoms with Crippen molar-refractivity contribution in [2.24, 2.45) is 0 Å². The molecule has 0 fully saturated rings. The van der Waals surface area contributed by atoms with Gasteiger partial charge in [0.05, 0.1) is 14.2 Å². The van der Waals surface area contributed by atoms with Crippen LogP contribution < -0.4 is 9.47 Å². The molecule has 4 heteroatoms. The molecule has 0 amide bonds. The summed E-state index contributed by atoms with van der Waals surface area (Å²) >= 11 is 0. The second kappa shape index (κ2) is 7.18. The Hall–Kier alpha value is -3.14. The van der Waals surface area contributed by atoms with E-state index < -0.39 is 0 Å². The summed E-state index contributed by atoms with van der Waals surface area (Å²) in [6.07, 6.45) is 0. The van der Waals surface area contributed by atoms with Crippen LogP contribution in [0.3, 0.4) is 0 Å². The number of methoxy groups -OCH3 is 2. The van der Waals surface area contributed by atoms with Crippen LogP contribution in [-0.2, 0) is 0 Å². The fourth-order valence-electron chi connectivity index (χ4n) is 3.02. The van der Waals surface area contributed by atoms with Gasteiger partial charge in [0, 0.05) is 28.7 Å². The van der Waals surface area contributed by atoms with Gasteiger partial charge in [-0.05, 0) is 18.2 Å². The number of hydrogen-bond acceptors (Lipinski definition) is 4. The molecule has 25 heavy (non-hydrogen) atoms. The maximum Gasteiger partial charge on any atom is 0.126 e. The number of hydrogen-bond donors (Lipinski definition) is 2. The lowest BCUT2D eigenvalue weighted by Gasteiger charge is -2.23. The molecule has 0 atom stereocenters. The molecular weight excluding hydrogens is 316 g/mol. The van der Waals surface area contributed by atoms with Crippen LogP contribution in [0.4, 0.5) is 0 Å². The Morgan fingerprint density at radius 1 is 0.680 bits per heavy atom. The van der Waals surface area contributed by atoms with Crippen molar-refractivity contribution in [1.82, 2.24) is 0 Å². The highest BCUT2D eigenvalue weighted by Crippen LogP contribution is 2.44. The van der Waals surface area contributed by atoms with E-state index in [4.69, 9.17) is 9.47 Å². The third-order valence-electron chi connectivity index (χ3n) is 4.25. The molecule has 0 spiro atoms. The van der Waals surface area contributed by atoms with Gasteiger partial charge in [-0.25, -0.2) is 0 Å². The standard InChI is InChI=1S/C21H20O4/c1-24-14-11-12-17(20(13-14)25-2)21(15-7-3-5-9-18(15)22)16-8-4-6-10-19(16)23/h3-13,21-23H,1-2H3. The highest BCUT2D eigenvalue weighted by Gasteiger charge is 2.25. The molecule has 0 radical (unpaired) electrons. The fourth-order valence-corrected chi connectivity index (χ4v) is 3.02. The Kier molecular flexibility index (Phi) is 4.80. The van der Waals surface area contributed by atoms with Crippen molar-refractivity contribution in [3.63, 3.8) is 0 Å². The molecule has 0 saturated carbocycles. The highest BCUT2D eigenvalue weighted by atomic mass is 16.5. The summed E-state index contributed by atoms with van der Waals surface area (Å²) in [4.78, 5) is 0. The molecule has 0 bridgehead atoms. The van der Waals surface area contributed by atoms with Gasteiger partial charge in [0.2, 0.25) is 0 Å². The SMILES string of the molecule is COc1ccc(C(c2ccccc2O)c2ccccc2O)c(OC)c1. The van der Waals surface area contributed by atoms with Crippen LogP contribution in [0.2, 0.25) is 0 Å². The van der Waals surface area contributed by atoms with E-state index in [2.05, 4.69) is 0 Å². The van der Waals surface area contributed by atoms with Crippen LogP contribution in [0.15, 0.2) is 66.7 Å². The van der Waals surface area contributed by atoms with Gasteiger partial charge in [0.15, 0.2) is 0 Å². The van der Waals surface area contributed by atoms with Gasteiger partial charge in [0.1, 0.15) is 23.0 Å². The van der Waals surface area contributed by atoms with Gasteiger partial charge in [0.25, 0.3) is 0 Å². The number of benzene rings is 3. The molecule has 0 aliphatic carbocycles. The number of para-hydroxylation sites is 2. The van der Waals surface area contributed by atoms with Crippen molar-refractivity contribution in [2.75, 3.05) is 14.2 Å². The first-order valence-corrected chi connectivity index (χ1v) is 7.93. The van der Waals surface area contributed by atoms with Crippen LogP contribution in [-0.4, -0.2) is 24.4 Å². The van der Waals surface area contributed by atoms with Crippen LogP contribution >= 0.6 is 0 Å². The first-order valence-electron chi connectivity index (χ1n) is 7.93. The van der Waals surface area contributed by atoms with E-state index in [0.717, 1.165) is 5.56 Å². The molecular formula is C21H20O4. The summed E-state index contributed by atoms with van der Waals surface area (Å²) < 4.78 is 10.8. The second-order valence-corrected chi connectivity index (χ2v) is 5.66. The van der Waals surface area contributed by atoms with Crippen LogP contribution in [0.5, 0.6) is 23.0 Å². The summed E-state index contributed by atoms with van der Waals surface area (Å²) in [5.74, 6) is 1.23. The summed E-state index contributed by atoms with van der Waals surface area (Å²) in [5, 5.41) is 20.8. The first-order chi connectivity index (χ1) is 12.2. The topological polar surface area (TPSA) is 58.9 Å². The van der Waals surface area contributed by atoms with Gasteiger partial charge in [-0.15, -0.1) is 0 Å². The summed E-state index contributed by atoms with van der Waals surface area (Å²) in [7, 11) is 3.18. The van der Waals surface area contributed by atoms with Crippen molar-refractivity contribution < 1.29 is 19.7 Å². The van der Waals surface area contributed by atoms with E-state index in [1.54, 1.807) is 44.6 Å². The van der Waals surface area contributed by atoms with E-state index in [9.17, 15) is 10.2 Å². The second-order valence-electron chi connectivity index (χ2n) is 5.66. The molecule has 0 aliphatic rings. The van der Waals surface area contributed by atoms with Gasteiger partial charge in [-0.3, -0.25) is 0 Å². The Labute approximate surface area is 146 Å². The number of phenolic OH excluding ortho intramolecular Hbond substituents is 2. The number of phenols is 2. The largest absolute Gasteiger partial charge is 0.508 e. The maximum atomic E-state index is 10.4. The highest BCUT2D eigenvalue weighted by molar-refractivity contribution is 5.56. The monoisotopic (exact) mass is 336 g/mol. The third kappa shape index (κ3) is 3.24. The third-order valence-corrected chi connectivity index (χ3v) is 4.25. The summed E-state index contributed by atoms with van der Waals surface area (Å²) in [5.41, 5.74) is 2.20. The molecule has 3 aromatic rings. The predicted octanol–water partition coefficient (Wildman–Crippen LogP) is 4.30. The molecule has 3 aromatic carbocycles. The maximum absolute atomic E-state index is 10.4. The van der Waals surface area contributed by atoms with Crippen LogP contribution in [0, 0.1) is 0 Å². The van der Waals surface area contributed by atoms with Gasteiger partial charge in [-0.2, -0.15) is 0 Å². The van der Waals surface area contributed by atoms with Crippen molar-refractivity contribution >= 4 is 0 Å². The van der Waals surface area contributed by atoms with Gasteiger partial charge in [-0.1, -0.05) is 42.5 Å². The molecule has 0 saturated heterocycles. The van der Waals surface area contributed by atoms with E-state index in [0.29, 0.717) is 22.6 Å². The minimum absolute atomic E-state index is 0.161. The zero-order chi connectivity index (χ0) is 17.8. The van der Waals surface area contributed by atoms with Crippen LogP contribution in [0.25, 0.3) is 0 Å². The van der Waals surface area contributed by atoms with E-state index in [1.807, 2.05) is 36.4 Å². The van der Waals surface area contributed by atoms with E-state index in [1.165, 1.54) is 0 Å². The number of aromatic hydroxyl groups is 2. The van der Waals surface area contributed by atoms with Crippen LogP contribution in [0.1, 0.15) is 22.6 Å². The summed E-state index contributed by atoms with van der Waals surface area (Å²) in [6, 6.07) is 19.7. The molecule has 3 rings (SSSR count).